The van der Waals surface area contributed by atoms with E-state index in [1.54, 1.807) is 29.4 Å². The molecule has 0 saturated carbocycles. The maximum absolute atomic E-state index is 12.0. The van der Waals surface area contributed by atoms with Crippen LogP contribution in [0.1, 0.15) is 29.6 Å². The number of hydrogen-bond donors (Lipinski definition) is 1. The minimum absolute atomic E-state index is 0.0711. The third-order valence-electron chi connectivity index (χ3n) is 3.36. The van der Waals surface area contributed by atoms with Gasteiger partial charge in [-0.25, -0.2) is 0 Å². The highest BCUT2D eigenvalue weighted by atomic mass is 16.2. The number of nitrogens with one attached hydrogen (secondary N) is 1. The molecule has 1 aliphatic rings. The lowest BCUT2D eigenvalue weighted by Gasteiger charge is -2.32. The zero-order valence-corrected chi connectivity index (χ0v) is 11.1. The molecule has 0 atom stereocenters. The number of nitriles is 1. The molecule has 1 aliphatic heterocycles. The molecule has 0 bridgehead atoms. The molecular weight excluding hydrogens is 256 g/mol. The van der Waals surface area contributed by atoms with Crippen molar-refractivity contribution in [3.05, 3.63) is 30.1 Å². The summed E-state index contributed by atoms with van der Waals surface area (Å²) in [6, 6.07) is 5.27. The fourth-order valence-corrected chi connectivity index (χ4v) is 2.22. The number of carbonyl (C=O) groups is 2. The van der Waals surface area contributed by atoms with E-state index >= 15 is 0 Å². The van der Waals surface area contributed by atoms with E-state index in [0.29, 0.717) is 31.5 Å². The van der Waals surface area contributed by atoms with Crippen molar-refractivity contribution in [2.24, 2.45) is 0 Å². The Bertz CT molecular complexity index is 516. The van der Waals surface area contributed by atoms with Gasteiger partial charge in [-0.1, -0.05) is 0 Å². The molecule has 1 aromatic rings. The highest BCUT2D eigenvalue weighted by Crippen LogP contribution is 2.12. The van der Waals surface area contributed by atoms with Crippen LogP contribution in [0, 0.1) is 11.3 Å². The average molecular weight is 272 g/mol. The molecule has 2 heterocycles. The standard InChI is InChI=1S/C14H16N4O2/c15-6-1-13(19)18-9-4-12(5-10-18)17-14(20)11-2-7-16-8-3-11/h2-3,7-8,12H,1,4-5,9-10H2,(H,17,20). The summed E-state index contributed by atoms with van der Waals surface area (Å²) in [5.74, 6) is -0.249. The van der Waals surface area contributed by atoms with Crippen molar-refractivity contribution >= 4 is 11.8 Å². The van der Waals surface area contributed by atoms with Crippen LogP contribution in [-0.2, 0) is 4.79 Å². The quantitative estimate of drug-likeness (QED) is 0.878. The lowest BCUT2D eigenvalue weighted by molar-refractivity contribution is -0.131. The van der Waals surface area contributed by atoms with Crippen molar-refractivity contribution in [3.63, 3.8) is 0 Å². The highest BCUT2D eigenvalue weighted by Gasteiger charge is 2.23. The van der Waals surface area contributed by atoms with E-state index in [1.165, 1.54) is 0 Å². The molecule has 0 aromatic carbocycles. The first-order chi connectivity index (χ1) is 9.70. The molecular formula is C14H16N4O2. The number of carbonyl (C=O) groups excluding carboxylic acids is 2. The number of pyridine rings is 1. The molecule has 0 spiro atoms. The van der Waals surface area contributed by atoms with Crippen LogP contribution >= 0.6 is 0 Å². The Morgan fingerprint density at radius 3 is 2.60 bits per heavy atom. The fraction of sp³-hybridized carbons (Fsp3) is 0.429. The predicted molar refractivity (Wildman–Crippen MR) is 71.5 cm³/mol. The van der Waals surface area contributed by atoms with Crippen molar-refractivity contribution in [2.75, 3.05) is 13.1 Å². The molecule has 6 nitrogen and oxygen atoms in total. The van der Waals surface area contributed by atoms with Gasteiger partial charge in [-0.05, 0) is 25.0 Å². The molecule has 1 aromatic heterocycles. The molecule has 0 aliphatic carbocycles. The first-order valence-corrected chi connectivity index (χ1v) is 6.56. The Morgan fingerprint density at radius 2 is 2.00 bits per heavy atom. The maximum Gasteiger partial charge on any atom is 0.251 e. The Morgan fingerprint density at radius 1 is 1.35 bits per heavy atom. The third kappa shape index (κ3) is 3.54. The van der Waals surface area contributed by atoms with Crippen LogP contribution in [0.5, 0.6) is 0 Å². The number of likely N-dealkylation sites (tertiary alicyclic amines) is 1. The van der Waals surface area contributed by atoms with Gasteiger partial charge in [0.2, 0.25) is 5.91 Å². The lowest BCUT2D eigenvalue weighted by Crippen LogP contribution is -2.46. The van der Waals surface area contributed by atoms with Crippen molar-refractivity contribution in [1.29, 1.82) is 5.26 Å². The summed E-state index contributed by atoms with van der Waals surface area (Å²) < 4.78 is 0. The van der Waals surface area contributed by atoms with Gasteiger partial charge in [0, 0.05) is 37.1 Å². The van der Waals surface area contributed by atoms with Crippen LogP contribution in [-0.4, -0.2) is 40.8 Å². The summed E-state index contributed by atoms with van der Waals surface area (Å²) in [7, 11) is 0. The molecule has 20 heavy (non-hydrogen) atoms. The Labute approximate surface area is 117 Å². The van der Waals surface area contributed by atoms with Gasteiger partial charge >= 0.3 is 0 Å². The van der Waals surface area contributed by atoms with Gasteiger partial charge in [0.25, 0.3) is 5.91 Å². The molecule has 2 rings (SSSR count). The van der Waals surface area contributed by atoms with E-state index in [9.17, 15) is 9.59 Å². The SMILES string of the molecule is N#CCC(=O)N1CCC(NC(=O)c2ccncc2)CC1. The van der Waals surface area contributed by atoms with Gasteiger partial charge in [-0.2, -0.15) is 5.26 Å². The second kappa shape index (κ2) is 6.66. The third-order valence-corrected chi connectivity index (χ3v) is 3.36. The van der Waals surface area contributed by atoms with Crippen LogP contribution in [0.3, 0.4) is 0 Å². The Kier molecular flexibility index (Phi) is 4.66. The van der Waals surface area contributed by atoms with Crippen molar-refractivity contribution in [1.82, 2.24) is 15.2 Å². The number of piperidine rings is 1. The number of rotatable bonds is 3. The highest BCUT2D eigenvalue weighted by molar-refractivity contribution is 5.94. The summed E-state index contributed by atoms with van der Waals surface area (Å²) in [5, 5.41) is 11.5. The molecule has 1 N–H and O–H groups in total. The van der Waals surface area contributed by atoms with Crippen LogP contribution < -0.4 is 5.32 Å². The fourth-order valence-electron chi connectivity index (χ4n) is 2.22. The molecule has 0 unspecified atom stereocenters. The lowest BCUT2D eigenvalue weighted by atomic mass is 10.0. The van der Waals surface area contributed by atoms with E-state index in [-0.39, 0.29) is 24.3 Å². The molecule has 0 radical (unpaired) electrons. The van der Waals surface area contributed by atoms with Crippen molar-refractivity contribution in [3.8, 4) is 6.07 Å². The molecule has 104 valence electrons. The van der Waals surface area contributed by atoms with Gasteiger partial charge in [0.15, 0.2) is 0 Å². The normalized spacial score (nSPS) is 15.4. The number of hydrogen-bond acceptors (Lipinski definition) is 4. The van der Waals surface area contributed by atoms with Gasteiger partial charge in [0.05, 0.1) is 6.07 Å². The van der Waals surface area contributed by atoms with Crippen LogP contribution in [0.15, 0.2) is 24.5 Å². The second-order valence-electron chi connectivity index (χ2n) is 4.70. The van der Waals surface area contributed by atoms with E-state index in [4.69, 9.17) is 5.26 Å². The first-order valence-electron chi connectivity index (χ1n) is 6.56. The van der Waals surface area contributed by atoms with Crippen molar-refractivity contribution in [2.45, 2.75) is 25.3 Å². The van der Waals surface area contributed by atoms with Gasteiger partial charge in [0.1, 0.15) is 6.42 Å². The van der Waals surface area contributed by atoms with E-state index in [2.05, 4.69) is 10.3 Å². The monoisotopic (exact) mass is 272 g/mol. The Balaban J connectivity index is 1.82. The zero-order valence-electron chi connectivity index (χ0n) is 11.1. The van der Waals surface area contributed by atoms with Crippen LogP contribution in [0.25, 0.3) is 0 Å². The van der Waals surface area contributed by atoms with E-state index in [1.807, 2.05) is 6.07 Å². The molecule has 6 heteroatoms. The number of amides is 2. The number of nitrogens with zero attached hydrogens (tertiary/aromatic N) is 3. The van der Waals surface area contributed by atoms with Crippen LogP contribution in [0.2, 0.25) is 0 Å². The summed E-state index contributed by atoms with van der Waals surface area (Å²) >= 11 is 0. The maximum atomic E-state index is 12.0. The van der Waals surface area contributed by atoms with Gasteiger partial charge in [-0.3, -0.25) is 14.6 Å². The Hall–Kier alpha value is -2.42. The summed E-state index contributed by atoms with van der Waals surface area (Å²) in [6.07, 6.45) is 4.52. The minimum Gasteiger partial charge on any atom is -0.349 e. The van der Waals surface area contributed by atoms with E-state index in [0.717, 1.165) is 0 Å². The van der Waals surface area contributed by atoms with Gasteiger partial charge < -0.3 is 10.2 Å². The summed E-state index contributed by atoms with van der Waals surface area (Å²) in [5.41, 5.74) is 0.586. The number of aromatic nitrogens is 1. The molecule has 1 fully saturated rings. The second-order valence-corrected chi connectivity index (χ2v) is 4.70. The molecule has 1 saturated heterocycles. The van der Waals surface area contributed by atoms with Crippen LogP contribution in [0.4, 0.5) is 0 Å². The van der Waals surface area contributed by atoms with Crippen molar-refractivity contribution < 1.29 is 9.59 Å². The minimum atomic E-state index is -0.133. The summed E-state index contributed by atoms with van der Waals surface area (Å²) in [6.45, 7) is 1.17. The predicted octanol–water partition coefficient (Wildman–Crippen LogP) is 0.716. The average Bonchev–Trinajstić information content (AvgIpc) is 2.49. The zero-order chi connectivity index (χ0) is 14.4. The molecule has 2 amide bonds. The van der Waals surface area contributed by atoms with Gasteiger partial charge in [-0.15, -0.1) is 0 Å². The largest absolute Gasteiger partial charge is 0.349 e. The smallest absolute Gasteiger partial charge is 0.251 e. The topological polar surface area (TPSA) is 86.1 Å². The summed E-state index contributed by atoms with van der Waals surface area (Å²) in [4.78, 5) is 29.1. The van der Waals surface area contributed by atoms with E-state index < -0.39 is 0 Å². The first kappa shape index (κ1) is 14.0.